The van der Waals surface area contributed by atoms with Gasteiger partial charge in [-0.3, -0.25) is 4.90 Å². The topological polar surface area (TPSA) is 58.4 Å². The maximum atomic E-state index is 12.4. The molecule has 1 unspecified atom stereocenters. The second kappa shape index (κ2) is 5.58. The summed E-state index contributed by atoms with van der Waals surface area (Å²) in [5.74, 6) is 0. The Morgan fingerprint density at radius 2 is 1.90 bits per heavy atom. The third kappa shape index (κ3) is 2.76. The molecule has 0 aliphatic carbocycles. The van der Waals surface area contributed by atoms with Gasteiger partial charge in [0.25, 0.3) is 0 Å². The lowest BCUT2D eigenvalue weighted by molar-refractivity contribution is 0.257. The summed E-state index contributed by atoms with van der Waals surface area (Å²) < 4.78 is 0. The van der Waals surface area contributed by atoms with Crippen molar-refractivity contribution in [2.24, 2.45) is 5.73 Å². The third-order valence-electron chi connectivity index (χ3n) is 3.82. The van der Waals surface area contributed by atoms with Crippen LogP contribution >= 0.6 is 0 Å². The molecule has 0 saturated carbocycles. The zero-order valence-corrected chi connectivity index (χ0v) is 12.0. The van der Waals surface area contributed by atoms with Crippen LogP contribution in [0.4, 0.5) is 16.2 Å². The van der Waals surface area contributed by atoms with E-state index in [-0.39, 0.29) is 12.1 Å². The number of para-hydroxylation sites is 1. The molecule has 0 radical (unpaired) electrons. The number of amides is 2. The highest BCUT2D eigenvalue weighted by molar-refractivity contribution is 6.03. The van der Waals surface area contributed by atoms with Gasteiger partial charge in [0, 0.05) is 24.0 Å². The second-order valence-electron chi connectivity index (χ2n) is 5.37. The first-order valence-corrected chi connectivity index (χ1v) is 7.17. The van der Waals surface area contributed by atoms with Crippen molar-refractivity contribution in [3.05, 3.63) is 59.7 Å². The number of benzene rings is 2. The molecule has 1 heterocycles. The highest BCUT2D eigenvalue weighted by atomic mass is 16.2. The lowest BCUT2D eigenvalue weighted by Crippen LogP contribution is -2.33. The van der Waals surface area contributed by atoms with E-state index in [0.717, 1.165) is 29.9 Å². The predicted molar refractivity (Wildman–Crippen MR) is 85.6 cm³/mol. The summed E-state index contributed by atoms with van der Waals surface area (Å²) >= 11 is 0. The molecule has 3 N–H and O–H groups in total. The Morgan fingerprint density at radius 3 is 2.62 bits per heavy atom. The zero-order valence-electron chi connectivity index (χ0n) is 12.0. The van der Waals surface area contributed by atoms with Gasteiger partial charge in [0.2, 0.25) is 0 Å². The molecular formula is C17H19N3O. The quantitative estimate of drug-likeness (QED) is 0.887. The van der Waals surface area contributed by atoms with Crippen LogP contribution in [0.2, 0.25) is 0 Å². The van der Waals surface area contributed by atoms with E-state index >= 15 is 0 Å². The van der Waals surface area contributed by atoms with E-state index in [1.54, 1.807) is 4.90 Å². The predicted octanol–water partition coefficient (Wildman–Crippen LogP) is 3.30. The van der Waals surface area contributed by atoms with E-state index in [0.29, 0.717) is 0 Å². The summed E-state index contributed by atoms with van der Waals surface area (Å²) in [6.07, 6.45) is 0.910. The van der Waals surface area contributed by atoms with E-state index in [9.17, 15) is 4.79 Å². The lowest BCUT2D eigenvalue weighted by Gasteiger charge is -2.18. The number of carbonyl (C=O) groups excluding carboxylic acids is 1. The maximum absolute atomic E-state index is 12.4. The Kier molecular flexibility index (Phi) is 3.62. The number of fused-ring (bicyclic) bond motifs is 1. The van der Waals surface area contributed by atoms with Crippen LogP contribution in [0.5, 0.6) is 0 Å². The molecule has 0 fully saturated rings. The van der Waals surface area contributed by atoms with Crippen molar-refractivity contribution in [1.29, 1.82) is 0 Å². The van der Waals surface area contributed by atoms with Crippen LogP contribution in [0.3, 0.4) is 0 Å². The number of urea groups is 1. The van der Waals surface area contributed by atoms with E-state index in [2.05, 4.69) is 11.4 Å². The highest BCUT2D eigenvalue weighted by Crippen LogP contribution is 2.28. The molecular weight excluding hydrogens is 262 g/mol. The van der Waals surface area contributed by atoms with Crippen molar-refractivity contribution < 1.29 is 4.79 Å². The minimum atomic E-state index is -0.0894. The van der Waals surface area contributed by atoms with Gasteiger partial charge in [0.1, 0.15) is 0 Å². The van der Waals surface area contributed by atoms with Gasteiger partial charge in [-0.1, -0.05) is 30.3 Å². The highest BCUT2D eigenvalue weighted by Gasteiger charge is 2.23. The number of rotatable bonds is 2. The minimum Gasteiger partial charge on any atom is -0.324 e. The Hall–Kier alpha value is -2.33. The molecule has 0 saturated heterocycles. The van der Waals surface area contributed by atoms with Gasteiger partial charge in [-0.05, 0) is 42.7 Å². The average molecular weight is 281 g/mol. The van der Waals surface area contributed by atoms with Gasteiger partial charge >= 0.3 is 6.03 Å². The van der Waals surface area contributed by atoms with E-state index in [1.807, 2.05) is 49.4 Å². The minimum absolute atomic E-state index is 0.000195. The van der Waals surface area contributed by atoms with Crippen molar-refractivity contribution in [1.82, 2.24) is 0 Å². The van der Waals surface area contributed by atoms with Crippen LogP contribution < -0.4 is 16.0 Å². The summed E-state index contributed by atoms with van der Waals surface area (Å²) in [6, 6.07) is 15.6. The summed E-state index contributed by atoms with van der Waals surface area (Å²) in [6.45, 7) is 2.66. The second-order valence-corrected chi connectivity index (χ2v) is 5.37. The summed E-state index contributed by atoms with van der Waals surface area (Å²) in [5, 5.41) is 2.94. The fourth-order valence-corrected chi connectivity index (χ4v) is 2.61. The summed E-state index contributed by atoms with van der Waals surface area (Å²) in [4.78, 5) is 14.2. The molecule has 0 aromatic heterocycles. The molecule has 21 heavy (non-hydrogen) atoms. The Labute approximate surface area is 124 Å². The molecule has 0 bridgehead atoms. The van der Waals surface area contributed by atoms with Crippen molar-refractivity contribution in [2.75, 3.05) is 16.8 Å². The molecule has 4 nitrogen and oxygen atoms in total. The van der Waals surface area contributed by atoms with Crippen LogP contribution in [0, 0.1) is 0 Å². The van der Waals surface area contributed by atoms with Crippen molar-refractivity contribution in [2.45, 2.75) is 19.4 Å². The largest absolute Gasteiger partial charge is 0.326 e. The molecule has 2 amide bonds. The smallest absolute Gasteiger partial charge is 0.324 e. The monoisotopic (exact) mass is 281 g/mol. The summed E-state index contributed by atoms with van der Waals surface area (Å²) in [5.41, 5.74) is 9.89. The molecule has 1 atom stereocenters. The zero-order chi connectivity index (χ0) is 14.8. The van der Waals surface area contributed by atoms with Gasteiger partial charge in [0.15, 0.2) is 0 Å². The standard InChI is InChI=1S/C17H19N3O/c1-12(18)13-6-8-15(9-7-13)19-17(21)20-11-10-14-4-2-3-5-16(14)20/h2-9,12H,10-11,18H2,1H3,(H,19,21). The van der Waals surface area contributed by atoms with Crippen LogP contribution in [0.15, 0.2) is 48.5 Å². The van der Waals surface area contributed by atoms with Crippen molar-refractivity contribution >= 4 is 17.4 Å². The number of nitrogens with one attached hydrogen (secondary N) is 1. The first-order valence-electron chi connectivity index (χ1n) is 7.17. The van der Waals surface area contributed by atoms with Gasteiger partial charge in [-0.15, -0.1) is 0 Å². The molecule has 2 aromatic carbocycles. The van der Waals surface area contributed by atoms with E-state index in [1.165, 1.54) is 5.56 Å². The fraction of sp³-hybridized carbons (Fsp3) is 0.235. The van der Waals surface area contributed by atoms with Gasteiger partial charge in [-0.2, -0.15) is 0 Å². The lowest BCUT2D eigenvalue weighted by atomic mass is 10.1. The number of nitrogens with two attached hydrogens (primary N) is 1. The first kappa shape index (κ1) is 13.6. The molecule has 3 rings (SSSR count). The molecule has 4 heteroatoms. The number of carbonyl (C=O) groups is 1. The van der Waals surface area contributed by atoms with Crippen LogP contribution in [-0.2, 0) is 6.42 Å². The Bertz CT molecular complexity index is 649. The van der Waals surface area contributed by atoms with E-state index < -0.39 is 0 Å². The molecule has 2 aromatic rings. The fourth-order valence-electron chi connectivity index (χ4n) is 2.61. The molecule has 0 spiro atoms. The number of hydrogen-bond donors (Lipinski definition) is 2. The molecule has 108 valence electrons. The van der Waals surface area contributed by atoms with Crippen molar-refractivity contribution in [3.63, 3.8) is 0 Å². The first-order chi connectivity index (χ1) is 10.1. The number of nitrogens with zero attached hydrogens (tertiary/aromatic N) is 1. The Balaban J connectivity index is 1.73. The number of anilines is 2. The van der Waals surface area contributed by atoms with Gasteiger partial charge in [0.05, 0.1) is 0 Å². The van der Waals surface area contributed by atoms with Gasteiger partial charge in [-0.25, -0.2) is 4.79 Å². The maximum Gasteiger partial charge on any atom is 0.326 e. The molecule has 1 aliphatic rings. The third-order valence-corrected chi connectivity index (χ3v) is 3.82. The average Bonchev–Trinajstić information content (AvgIpc) is 2.92. The van der Waals surface area contributed by atoms with Gasteiger partial charge < -0.3 is 11.1 Å². The van der Waals surface area contributed by atoms with Crippen LogP contribution in [-0.4, -0.2) is 12.6 Å². The summed E-state index contributed by atoms with van der Waals surface area (Å²) in [7, 11) is 0. The normalized spacial score (nSPS) is 14.7. The molecule has 1 aliphatic heterocycles. The van der Waals surface area contributed by atoms with E-state index in [4.69, 9.17) is 5.73 Å². The number of hydrogen-bond acceptors (Lipinski definition) is 2. The van der Waals surface area contributed by atoms with Crippen LogP contribution in [0.1, 0.15) is 24.1 Å². The SMILES string of the molecule is CC(N)c1ccc(NC(=O)N2CCc3ccccc32)cc1. The van der Waals surface area contributed by atoms with Crippen molar-refractivity contribution in [3.8, 4) is 0 Å². The Morgan fingerprint density at radius 1 is 1.19 bits per heavy atom. The van der Waals surface area contributed by atoms with Crippen LogP contribution in [0.25, 0.3) is 0 Å².